The first-order chi connectivity index (χ1) is 15.8. The van der Waals surface area contributed by atoms with Gasteiger partial charge in [-0.25, -0.2) is 9.97 Å². The maximum atomic E-state index is 5.88. The largest absolute Gasteiger partial charge is 0.396 e. The SMILES string of the molecule is CNc1cc(C)cnc1Nc1cccc(C)c1.Cc1cccc(Nc2ncc(C)cc2N)c1. The number of pyridine rings is 2. The van der Waals surface area contributed by atoms with Crippen LogP contribution < -0.4 is 21.7 Å². The Balaban J connectivity index is 0.000000186. The van der Waals surface area contributed by atoms with Gasteiger partial charge in [-0.1, -0.05) is 24.3 Å². The molecule has 0 aliphatic heterocycles. The predicted octanol–water partition coefficient (Wildman–Crippen LogP) is 6.51. The van der Waals surface area contributed by atoms with Crippen LogP contribution in [0.4, 0.5) is 34.4 Å². The lowest BCUT2D eigenvalue weighted by Gasteiger charge is -2.11. The van der Waals surface area contributed by atoms with Crippen LogP contribution in [-0.2, 0) is 0 Å². The van der Waals surface area contributed by atoms with Crippen LogP contribution in [0.2, 0.25) is 0 Å². The first kappa shape index (κ1) is 23.6. The molecule has 0 aliphatic rings. The molecule has 0 saturated carbocycles. The van der Waals surface area contributed by atoms with Crippen molar-refractivity contribution in [3.05, 3.63) is 95.3 Å². The van der Waals surface area contributed by atoms with Crippen LogP contribution in [0.3, 0.4) is 0 Å². The van der Waals surface area contributed by atoms with Crippen LogP contribution in [-0.4, -0.2) is 17.0 Å². The monoisotopic (exact) mass is 440 g/mol. The molecule has 6 nitrogen and oxygen atoms in total. The lowest BCUT2D eigenvalue weighted by Crippen LogP contribution is -2.00. The Morgan fingerprint density at radius 2 is 1.15 bits per heavy atom. The molecule has 0 spiro atoms. The molecule has 4 aromatic rings. The number of aryl methyl sites for hydroxylation is 4. The molecule has 0 unspecified atom stereocenters. The van der Waals surface area contributed by atoms with Crippen molar-refractivity contribution >= 4 is 34.4 Å². The standard InChI is InChI=1S/C14H17N3.C13H15N3/c1-10-5-4-6-12(7-10)17-14-13(15-3)8-11(2)9-16-14;1-9-4-3-5-11(6-9)16-13-12(14)7-10(2)8-15-13/h4-9,15H,1-3H3,(H,16,17);3-8H,14H2,1-2H3,(H,15,16). The van der Waals surface area contributed by atoms with Crippen molar-refractivity contribution in [3.8, 4) is 0 Å². The molecule has 0 saturated heterocycles. The van der Waals surface area contributed by atoms with Gasteiger partial charge in [0, 0.05) is 30.8 Å². The predicted molar refractivity (Wildman–Crippen MR) is 141 cm³/mol. The number of nitrogen functional groups attached to an aromatic ring is 1. The Hall–Kier alpha value is -4.06. The van der Waals surface area contributed by atoms with E-state index in [0.29, 0.717) is 11.5 Å². The Morgan fingerprint density at radius 1 is 0.636 bits per heavy atom. The third-order valence-electron chi connectivity index (χ3n) is 4.91. The van der Waals surface area contributed by atoms with Crippen LogP contribution in [0.15, 0.2) is 73.1 Å². The highest BCUT2D eigenvalue weighted by Crippen LogP contribution is 2.24. The van der Waals surface area contributed by atoms with E-state index in [1.807, 2.05) is 57.4 Å². The number of anilines is 6. The maximum absolute atomic E-state index is 5.88. The molecule has 170 valence electrons. The minimum absolute atomic E-state index is 0.668. The van der Waals surface area contributed by atoms with E-state index in [0.717, 1.165) is 34.0 Å². The van der Waals surface area contributed by atoms with Gasteiger partial charge in [0.2, 0.25) is 0 Å². The van der Waals surface area contributed by atoms with E-state index in [-0.39, 0.29) is 0 Å². The molecule has 0 atom stereocenters. The minimum atomic E-state index is 0.668. The molecule has 0 radical (unpaired) electrons. The van der Waals surface area contributed by atoms with E-state index >= 15 is 0 Å². The summed E-state index contributed by atoms with van der Waals surface area (Å²) in [6.45, 7) is 8.13. The molecule has 2 aromatic heterocycles. The summed E-state index contributed by atoms with van der Waals surface area (Å²) >= 11 is 0. The molecule has 0 amide bonds. The number of nitrogens with zero attached hydrogens (tertiary/aromatic N) is 2. The fourth-order valence-corrected chi connectivity index (χ4v) is 3.27. The smallest absolute Gasteiger partial charge is 0.153 e. The molecule has 0 aliphatic carbocycles. The van der Waals surface area contributed by atoms with Gasteiger partial charge in [0.1, 0.15) is 0 Å². The van der Waals surface area contributed by atoms with Crippen molar-refractivity contribution in [2.45, 2.75) is 27.7 Å². The van der Waals surface area contributed by atoms with Gasteiger partial charge < -0.3 is 21.7 Å². The lowest BCUT2D eigenvalue weighted by atomic mass is 10.2. The highest BCUT2D eigenvalue weighted by Gasteiger charge is 2.03. The van der Waals surface area contributed by atoms with Gasteiger partial charge in [0.25, 0.3) is 0 Å². The van der Waals surface area contributed by atoms with Crippen LogP contribution in [0.25, 0.3) is 0 Å². The Morgan fingerprint density at radius 3 is 1.67 bits per heavy atom. The highest BCUT2D eigenvalue weighted by atomic mass is 15.0. The molecule has 0 bridgehead atoms. The van der Waals surface area contributed by atoms with E-state index < -0.39 is 0 Å². The minimum Gasteiger partial charge on any atom is -0.396 e. The quantitative estimate of drug-likeness (QED) is 0.283. The van der Waals surface area contributed by atoms with E-state index in [1.54, 1.807) is 6.20 Å². The van der Waals surface area contributed by atoms with E-state index in [9.17, 15) is 0 Å². The van der Waals surface area contributed by atoms with Gasteiger partial charge in [0.05, 0.1) is 11.4 Å². The highest BCUT2D eigenvalue weighted by molar-refractivity contribution is 5.71. The zero-order chi connectivity index (χ0) is 23.8. The summed E-state index contributed by atoms with van der Waals surface area (Å²) in [6.07, 6.45) is 3.66. The van der Waals surface area contributed by atoms with Crippen molar-refractivity contribution in [1.29, 1.82) is 0 Å². The topological polar surface area (TPSA) is 87.9 Å². The summed E-state index contributed by atoms with van der Waals surface area (Å²) in [6, 6.07) is 20.3. The number of aromatic nitrogens is 2. The van der Waals surface area contributed by atoms with E-state index in [4.69, 9.17) is 5.73 Å². The Labute approximate surface area is 196 Å². The molecule has 2 heterocycles. The molecule has 4 rings (SSSR count). The molecular weight excluding hydrogens is 408 g/mol. The first-order valence-corrected chi connectivity index (χ1v) is 10.9. The fraction of sp³-hybridized carbons (Fsp3) is 0.185. The number of rotatable bonds is 5. The molecule has 5 N–H and O–H groups in total. The van der Waals surface area contributed by atoms with Crippen LogP contribution in [0.5, 0.6) is 0 Å². The number of hydrogen-bond donors (Lipinski definition) is 4. The summed E-state index contributed by atoms with van der Waals surface area (Å²) in [4.78, 5) is 8.67. The number of nitrogens with one attached hydrogen (secondary N) is 3. The van der Waals surface area contributed by atoms with E-state index in [2.05, 4.69) is 70.1 Å². The second-order valence-corrected chi connectivity index (χ2v) is 8.10. The molecule has 0 fully saturated rings. The zero-order valence-electron chi connectivity index (χ0n) is 19.9. The molecular formula is C27H32N6. The van der Waals surface area contributed by atoms with Crippen molar-refractivity contribution in [2.24, 2.45) is 0 Å². The van der Waals surface area contributed by atoms with Crippen LogP contribution >= 0.6 is 0 Å². The molecule has 33 heavy (non-hydrogen) atoms. The summed E-state index contributed by atoms with van der Waals surface area (Å²) in [5, 5.41) is 9.67. The summed E-state index contributed by atoms with van der Waals surface area (Å²) < 4.78 is 0. The third-order valence-corrected chi connectivity index (χ3v) is 4.91. The van der Waals surface area contributed by atoms with Crippen LogP contribution in [0, 0.1) is 27.7 Å². The summed E-state index contributed by atoms with van der Waals surface area (Å²) in [7, 11) is 1.90. The van der Waals surface area contributed by atoms with Gasteiger partial charge in [-0.15, -0.1) is 0 Å². The lowest BCUT2D eigenvalue weighted by molar-refractivity contribution is 1.25. The normalized spacial score (nSPS) is 10.1. The van der Waals surface area contributed by atoms with Gasteiger partial charge in [-0.05, 0) is 86.3 Å². The van der Waals surface area contributed by atoms with Crippen LogP contribution in [0.1, 0.15) is 22.3 Å². The third kappa shape index (κ3) is 6.97. The second-order valence-electron chi connectivity index (χ2n) is 8.10. The summed E-state index contributed by atoms with van der Waals surface area (Å²) in [5.41, 5.74) is 14.3. The number of hydrogen-bond acceptors (Lipinski definition) is 6. The molecule has 2 aromatic carbocycles. The van der Waals surface area contributed by atoms with Gasteiger partial charge >= 0.3 is 0 Å². The first-order valence-electron chi connectivity index (χ1n) is 10.9. The maximum Gasteiger partial charge on any atom is 0.153 e. The number of benzene rings is 2. The van der Waals surface area contributed by atoms with Crippen molar-refractivity contribution in [1.82, 2.24) is 9.97 Å². The number of nitrogens with two attached hydrogens (primary N) is 1. The Kier molecular flexibility index (Phi) is 7.86. The van der Waals surface area contributed by atoms with Gasteiger partial charge in [-0.2, -0.15) is 0 Å². The average Bonchev–Trinajstić information content (AvgIpc) is 2.77. The van der Waals surface area contributed by atoms with Gasteiger partial charge in [-0.3, -0.25) is 0 Å². The van der Waals surface area contributed by atoms with Gasteiger partial charge in [0.15, 0.2) is 11.6 Å². The Bertz CT molecular complexity index is 1220. The average molecular weight is 441 g/mol. The summed E-state index contributed by atoms with van der Waals surface area (Å²) in [5.74, 6) is 1.56. The van der Waals surface area contributed by atoms with Crippen molar-refractivity contribution in [3.63, 3.8) is 0 Å². The van der Waals surface area contributed by atoms with E-state index in [1.165, 1.54) is 11.1 Å². The fourth-order valence-electron chi connectivity index (χ4n) is 3.27. The van der Waals surface area contributed by atoms with Crippen molar-refractivity contribution < 1.29 is 0 Å². The molecule has 6 heteroatoms. The van der Waals surface area contributed by atoms with Crippen molar-refractivity contribution in [2.75, 3.05) is 28.7 Å². The second kappa shape index (κ2) is 11.0. The zero-order valence-corrected chi connectivity index (χ0v) is 19.9.